The van der Waals surface area contributed by atoms with Crippen LogP contribution in [0.2, 0.25) is 0 Å². The van der Waals surface area contributed by atoms with E-state index in [1.807, 2.05) is 54.6 Å². The summed E-state index contributed by atoms with van der Waals surface area (Å²) in [6.07, 6.45) is 0.922. The molecule has 86 valence electrons. The van der Waals surface area contributed by atoms with Gasteiger partial charge < -0.3 is 4.79 Å². The van der Waals surface area contributed by atoms with Gasteiger partial charge in [-0.3, -0.25) is 0 Å². The smallest absolute Gasteiger partial charge is 0.145 e. The molecule has 0 radical (unpaired) electrons. The quantitative estimate of drug-likeness (QED) is 0.594. The maximum absolute atomic E-state index is 11.5. The predicted octanol–water partition coefficient (Wildman–Crippen LogP) is 4.29. The molecule has 2 aromatic carbocycles. The third-order valence-electron chi connectivity index (χ3n) is 2.62. The highest BCUT2D eigenvalue weighted by atomic mass is 79.9. The Morgan fingerprint density at radius 1 is 0.882 bits per heavy atom. The molecule has 0 aromatic heterocycles. The molecule has 0 aliphatic heterocycles. The van der Waals surface area contributed by atoms with E-state index in [-0.39, 0.29) is 0 Å². The highest BCUT2D eigenvalue weighted by molar-refractivity contribution is 9.10. The minimum Gasteiger partial charge on any atom is -0.301 e. The molecule has 0 bridgehead atoms. The van der Waals surface area contributed by atoms with Crippen molar-refractivity contribution in [2.24, 2.45) is 0 Å². The molecule has 0 spiro atoms. The van der Waals surface area contributed by atoms with Gasteiger partial charge in [0.15, 0.2) is 0 Å². The predicted molar refractivity (Wildman–Crippen MR) is 76.4 cm³/mol. The number of alkyl halides is 1. The van der Waals surface area contributed by atoms with Crippen molar-refractivity contribution in [3.63, 3.8) is 0 Å². The molecular weight excluding hydrogens is 344 g/mol. The summed E-state index contributed by atoms with van der Waals surface area (Å²) in [6.45, 7) is 0. The molecule has 1 atom stereocenters. The maximum Gasteiger partial charge on any atom is 0.145 e. The molecule has 0 aliphatic carbocycles. The van der Waals surface area contributed by atoms with Crippen LogP contribution in [0.3, 0.4) is 0 Å². The summed E-state index contributed by atoms with van der Waals surface area (Å²) in [7, 11) is 0. The Kier molecular flexibility index (Phi) is 3.79. The first-order valence-electron chi connectivity index (χ1n) is 5.13. The summed E-state index contributed by atoms with van der Waals surface area (Å²) in [6, 6.07) is 17.4. The van der Waals surface area contributed by atoms with Crippen LogP contribution >= 0.6 is 31.9 Å². The van der Waals surface area contributed by atoms with Crippen LogP contribution in [0, 0.1) is 0 Å². The zero-order valence-electron chi connectivity index (χ0n) is 8.94. The fourth-order valence-electron chi connectivity index (χ4n) is 1.68. The van der Waals surface area contributed by atoms with Crippen molar-refractivity contribution >= 4 is 38.1 Å². The van der Waals surface area contributed by atoms with Crippen molar-refractivity contribution in [2.75, 3.05) is 0 Å². The second-order valence-corrected chi connectivity index (χ2v) is 5.87. The first kappa shape index (κ1) is 12.5. The second-order valence-electron chi connectivity index (χ2n) is 3.70. The fraction of sp³-hybridized carbons (Fsp3) is 0.0714. The summed E-state index contributed by atoms with van der Waals surface area (Å²) in [5.41, 5.74) is 1.85. The molecule has 0 N–H and O–H groups in total. The van der Waals surface area contributed by atoms with E-state index < -0.39 is 4.32 Å². The van der Waals surface area contributed by atoms with Crippen LogP contribution in [0.15, 0.2) is 59.1 Å². The van der Waals surface area contributed by atoms with E-state index in [9.17, 15) is 4.79 Å². The Labute approximate surface area is 117 Å². The van der Waals surface area contributed by atoms with Crippen molar-refractivity contribution in [2.45, 2.75) is 4.32 Å². The van der Waals surface area contributed by atoms with E-state index in [1.54, 1.807) is 0 Å². The van der Waals surface area contributed by atoms with Gasteiger partial charge in [-0.15, -0.1) is 0 Å². The SMILES string of the molecule is O=CC(Br)(c1ccccc1)c1ccc(Br)cc1. The van der Waals surface area contributed by atoms with E-state index in [4.69, 9.17) is 0 Å². The highest BCUT2D eigenvalue weighted by Gasteiger charge is 2.30. The van der Waals surface area contributed by atoms with Gasteiger partial charge in [-0.2, -0.15) is 0 Å². The third kappa shape index (κ3) is 2.50. The lowest BCUT2D eigenvalue weighted by atomic mass is 9.92. The Hall–Kier alpha value is -0.930. The van der Waals surface area contributed by atoms with Crippen LogP contribution in [-0.4, -0.2) is 6.29 Å². The van der Waals surface area contributed by atoms with E-state index in [2.05, 4.69) is 31.9 Å². The number of aldehydes is 1. The van der Waals surface area contributed by atoms with Gasteiger partial charge in [-0.1, -0.05) is 74.3 Å². The van der Waals surface area contributed by atoms with Crippen LogP contribution in [0.4, 0.5) is 0 Å². The monoisotopic (exact) mass is 352 g/mol. The van der Waals surface area contributed by atoms with Crippen molar-refractivity contribution in [1.82, 2.24) is 0 Å². The van der Waals surface area contributed by atoms with Crippen LogP contribution in [0.5, 0.6) is 0 Å². The summed E-state index contributed by atoms with van der Waals surface area (Å²) in [5.74, 6) is 0. The van der Waals surface area contributed by atoms with Gasteiger partial charge in [0.2, 0.25) is 0 Å². The van der Waals surface area contributed by atoms with E-state index >= 15 is 0 Å². The van der Waals surface area contributed by atoms with Crippen LogP contribution in [0.1, 0.15) is 11.1 Å². The molecule has 1 unspecified atom stereocenters. The topological polar surface area (TPSA) is 17.1 Å². The summed E-state index contributed by atoms with van der Waals surface area (Å²) < 4.78 is 0.227. The number of carbonyl (C=O) groups is 1. The van der Waals surface area contributed by atoms with Gasteiger partial charge in [0.05, 0.1) is 0 Å². The van der Waals surface area contributed by atoms with Gasteiger partial charge in [-0.05, 0) is 23.3 Å². The minimum atomic E-state index is -0.769. The first-order chi connectivity index (χ1) is 8.16. The lowest BCUT2D eigenvalue weighted by Gasteiger charge is -2.22. The Balaban J connectivity index is 2.51. The van der Waals surface area contributed by atoms with Gasteiger partial charge in [0.25, 0.3) is 0 Å². The van der Waals surface area contributed by atoms with Crippen molar-refractivity contribution in [1.29, 1.82) is 0 Å². The number of rotatable bonds is 3. The molecular formula is C14H10Br2O. The van der Waals surface area contributed by atoms with Crippen molar-refractivity contribution in [3.05, 3.63) is 70.2 Å². The summed E-state index contributed by atoms with van der Waals surface area (Å²) in [5, 5.41) is 0. The lowest BCUT2D eigenvalue weighted by molar-refractivity contribution is -0.109. The number of hydrogen-bond donors (Lipinski definition) is 0. The lowest BCUT2D eigenvalue weighted by Crippen LogP contribution is -2.21. The molecule has 0 aliphatic rings. The first-order valence-corrected chi connectivity index (χ1v) is 6.72. The molecule has 2 aromatic rings. The Bertz CT molecular complexity index is 508. The molecule has 0 saturated carbocycles. The van der Waals surface area contributed by atoms with E-state index in [0.717, 1.165) is 21.9 Å². The van der Waals surface area contributed by atoms with Crippen LogP contribution in [-0.2, 0) is 9.12 Å². The molecule has 17 heavy (non-hydrogen) atoms. The van der Waals surface area contributed by atoms with Gasteiger partial charge >= 0.3 is 0 Å². The zero-order chi connectivity index (χ0) is 12.3. The van der Waals surface area contributed by atoms with Crippen molar-refractivity contribution in [3.8, 4) is 0 Å². The minimum absolute atomic E-state index is 0.769. The highest BCUT2D eigenvalue weighted by Crippen LogP contribution is 2.36. The Morgan fingerprint density at radius 3 is 1.94 bits per heavy atom. The zero-order valence-corrected chi connectivity index (χ0v) is 12.1. The fourth-order valence-corrected chi connectivity index (χ4v) is 2.47. The van der Waals surface area contributed by atoms with Crippen LogP contribution in [0.25, 0.3) is 0 Å². The average Bonchev–Trinajstić information content (AvgIpc) is 2.40. The molecule has 0 heterocycles. The van der Waals surface area contributed by atoms with Gasteiger partial charge in [0.1, 0.15) is 10.6 Å². The van der Waals surface area contributed by atoms with Crippen LogP contribution < -0.4 is 0 Å². The normalized spacial score (nSPS) is 14.0. The summed E-state index contributed by atoms with van der Waals surface area (Å²) >= 11 is 6.93. The van der Waals surface area contributed by atoms with E-state index in [1.165, 1.54) is 0 Å². The Morgan fingerprint density at radius 2 is 1.41 bits per heavy atom. The molecule has 2 rings (SSSR count). The number of benzene rings is 2. The summed E-state index contributed by atoms with van der Waals surface area (Å²) in [4.78, 5) is 11.5. The standard InChI is InChI=1S/C14H10Br2O/c15-13-8-6-12(7-9-13)14(16,10-17)11-4-2-1-3-5-11/h1-10H. The molecule has 0 amide bonds. The molecule has 1 nitrogen and oxygen atoms in total. The third-order valence-corrected chi connectivity index (χ3v) is 4.25. The maximum atomic E-state index is 11.5. The molecule has 0 fully saturated rings. The second kappa shape index (κ2) is 5.15. The largest absolute Gasteiger partial charge is 0.301 e. The number of hydrogen-bond acceptors (Lipinski definition) is 1. The van der Waals surface area contributed by atoms with E-state index in [0.29, 0.717) is 0 Å². The number of carbonyl (C=O) groups excluding carboxylic acids is 1. The van der Waals surface area contributed by atoms with Gasteiger partial charge in [-0.25, -0.2) is 0 Å². The van der Waals surface area contributed by atoms with Crippen molar-refractivity contribution < 1.29 is 4.79 Å². The molecule has 3 heteroatoms. The van der Waals surface area contributed by atoms with Gasteiger partial charge in [0, 0.05) is 4.47 Å². The molecule has 0 saturated heterocycles. The average molecular weight is 354 g/mol. The number of halogens is 2.